The Bertz CT molecular complexity index is 344. The summed E-state index contributed by atoms with van der Waals surface area (Å²) in [7, 11) is 0. The zero-order valence-electron chi connectivity index (χ0n) is 8.34. The van der Waals surface area contributed by atoms with Crippen molar-refractivity contribution in [1.29, 1.82) is 0 Å². The molecule has 3 nitrogen and oxygen atoms in total. The fourth-order valence-corrected chi connectivity index (χ4v) is 1.37. The van der Waals surface area contributed by atoms with Gasteiger partial charge in [-0.1, -0.05) is 0 Å². The summed E-state index contributed by atoms with van der Waals surface area (Å²) < 4.78 is 18.7. The lowest BCUT2D eigenvalue weighted by Crippen LogP contribution is -2.08. The van der Waals surface area contributed by atoms with Crippen molar-refractivity contribution >= 4 is 21.6 Å². The molecule has 0 bridgehead atoms. The van der Waals surface area contributed by atoms with E-state index >= 15 is 0 Å². The Morgan fingerprint density at radius 2 is 2.27 bits per heavy atom. The van der Waals surface area contributed by atoms with Crippen molar-refractivity contribution in [2.45, 2.75) is 19.4 Å². The average molecular weight is 278 g/mol. The molecular weight excluding hydrogens is 265 g/mol. The second-order valence-corrected chi connectivity index (χ2v) is 4.14. The molecule has 0 spiro atoms. The molecule has 0 aliphatic rings. The van der Waals surface area contributed by atoms with E-state index in [1.54, 1.807) is 6.92 Å². The SMILES string of the molecule is CC(O)CCOc1cc(F)c(Br)cc1N. The predicted molar refractivity (Wildman–Crippen MR) is 60.3 cm³/mol. The zero-order chi connectivity index (χ0) is 11.4. The third-order valence-electron chi connectivity index (χ3n) is 1.85. The van der Waals surface area contributed by atoms with Crippen molar-refractivity contribution in [2.24, 2.45) is 0 Å². The summed E-state index contributed by atoms with van der Waals surface area (Å²) in [5.41, 5.74) is 5.99. The number of nitrogens with two attached hydrogens (primary N) is 1. The molecule has 0 saturated carbocycles. The highest BCUT2D eigenvalue weighted by atomic mass is 79.9. The maximum absolute atomic E-state index is 13.1. The van der Waals surface area contributed by atoms with Gasteiger partial charge in [0.05, 0.1) is 22.9 Å². The maximum atomic E-state index is 13.1. The molecule has 0 aliphatic carbocycles. The standard InChI is InChI=1S/C10H13BrFNO2/c1-6(14)2-3-15-10-5-8(12)7(11)4-9(10)13/h4-6,14H,2-3,13H2,1H3. The first-order valence-electron chi connectivity index (χ1n) is 4.56. The predicted octanol–water partition coefficient (Wildman–Crippen LogP) is 2.32. The Hall–Kier alpha value is -0.810. The number of nitrogen functional groups attached to an aromatic ring is 1. The van der Waals surface area contributed by atoms with Crippen LogP contribution in [0.2, 0.25) is 0 Å². The highest BCUT2D eigenvalue weighted by Gasteiger charge is 2.07. The first-order chi connectivity index (χ1) is 7.00. The van der Waals surface area contributed by atoms with Crippen LogP contribution in [0.25, 0.3) is 0 Å². The van der Waals surface area contributed by atoms with E-state index in [0.717, 1.165) is 0 Å². The number of aliphatic hydroxyl groups is 1. The van der Waals surface area contributed by atoms with Crippen LogP contribution in [0.4, 0.5) is 10.1 Å². The lowest BCUT2D eigenvalue weighted by atomic mass is 10.3. The van der Waals surface area contributed by atoms with Crippen molar-refractivity contribution in [3.8, 4) is 5.75 Å². The van der Waals surface area contributed by atoms with E-state index in [4.69, 9.17) is 15.6 Å². The summed E-state index contributed by atoms with van der Waals surface area (Å²) in [5, 5.41) is 9.01. The molecule has 1 rings (SSSR count). The molecule has 0 heterocycles. The van der Waals surface area contributed by atoms with Crippen LogP contribution in [-0.2, 0) is 0 Å². The van der Waals surface area contributed by atoms with Crippen LogP contribution in [0.15, 0.2) is 16.6 Å². The van der Waals surface area contributed by atoms with Crippen molar-refractivity contribution in [2.75, 3.05) is 12.3 Å². The molecule has 0 aromatic heterocycles. The highest BCUT2D eigenvalue weighted by Crippen LogP contribution is 2.28. The van der Waals surface area contributed by atoms with E-state index in [9.17, 15) is 4.39 Å². The topological polar surface area (TPSA) is 55.5 Å². The Kier molecular flexibility index (Phi) is 4.35. The molecule has 0 aliphatic heterocycles. The molecule has 0 amide bonds. The van der Waals surface area contributed by atoms with Crippen LogP contribution in [0.1, 0.15) is 13.3 Å². The van der Waals surface area contributed by atoms with E-state index in [1.807, 2.05) is 0 Å². The van der Waals surface area contributed by atoms with Gasteiger partial charge < -0.3 is 15.6 Å². The van der Waals surface area contributed by atoms with Crippen LogP contribution < -0.4 is 10.5 Å². The van der Waals surface area contributed by atoms with Gasteiger partial charge in [0.15, 0.2) is 0 Å². The second kappa shape index (κ2) is 5.32. The minimum Gasteiger partial charge on any atom is -0.491 e. The summed E-state index contributed by atoms with van der Waals surface area (Å²) in [6, 6.07) is 2.68. The molecule has 5 heteroatoms. The number of aliphatic hydroxyl groups excluding tert-OH is 1. The molecule has 0 fully saturated rings. The smallest absolute Gasteiger partial charge is 0.145 e. The van der Waals surface area contributed by atoms with Crippen LogP contribution in [-0.4, -0.2) is 17.8 Å². The van der Waals surface area contributed by atoms with Gasteiger partial charge >= 0.3 is 0 Å². The molecule has 3 N–H and O–H groups in total. The molecule has 1 unspecified atom stereocenters. The van der Waals surface area contributed by atoms with Crippen molar-refractivity contribution in [1.82, 2.24) is 0 Å². The van der Waals surface area contributed by atoms with E-state index in [0.29, 0.717) is 28.9 Å². The highest BCUT2D eigenvalue weighted by molar-refractivity contribution is 9.10. The molecule has 0 radical (unpaired) electrons. The van der Waals surface area contributed by atoms with Gasteiger partial charge in [0.2, 0.25) is 0 Å². The van der Waals surface area contributed by atoms with Gasteiger partial charge in [0.1, 0.15) is 11.6 Å². The van der Waals surface area contributed by atoms with Gasteiger partial charge in [0.25, 0.3) is 0 Å². The number of hydrogen-bond donors (Lipinski definition) is 2. The summed E-state index contributed by atoms with van der Waals surface area (Å²) >= 11 is 3.02. The summed E-state index contributed by atoms with van der Waals surface area (Å²) in [5.74, 6) is -0.118. The molecule has 84 valence electrons. The number of halogens is 2. The number of benzene rings is 1. The van der Waals surface area contributed by atoms with Crippen LogP contribution >= 0.6 is 15.9 Å². The molecule has 1 aromatic carbocycles. The number of ether oxygens (including phenoxy) is 1. The first-order valence-corrected chi connectivity index (χ1v) is 5.35. The third kappa shape index (κ3) is 3.68. The van der Waals surface area contributed by atoms with Gasteiger partial charge in [-0.3, -0.25) is 0 Å². The number of rotatable bonds is 4. The lowest BCUT2D eigenvalue weighted by molar-refractivity contribution is 0.156. The third-order valence-corrected chi connectivity index (χ3v) is 2.45. The van der Waals surface area contributed by atoms with E-state index in [1.165, 1.54) is 12.1 Å². The van der Waals surface area contributed by atoms with Crippen LogP contribution in [0.3, 0.4) is 0 Å². The van der Waals surface area contributed by atoms with Gasteiger partial charge in [-0.15, -0.1) is 0 Å². The lowest BCUT2D eigenvalue weighted by Gasteiger charge is -2.10. The molecule has 0 saturated heterocycles. The maximum Gasteiger partial charge on any atom is 0.145 e. The fraction of sp³-hybridized carbons (Fsp3) is 0.400. The number of anilines is 1. The van der Waals surface area contributed by atoms with Crippen molar-refractivity contribution in [3.05, 3.63) is 22.4 Å². The number of hydrogen-bond acceptors (Lipinski definition) is 3. The van der Waals surface area contributed by atoms with Gasteiger partial charge in [-0.2, -0.15) is 0 Å². The van der Waals surface area contributed by atoms with Gasteiger partial charge in [-0.25, -0.2) is 4.39 Å². The van der Waals surface area contributed by atoms with Gasteiger partial charge in [-0.05, 0) is 28.9 Å². The largest absolute Gasteiger partial charge is 0.491 e. The molecule has 1 atom stereocenters. The molecule has 15 heavy (non-hydrogen) atoms. The molecule has 1 aromatic rings. The average Bonchev–Trinajstić information content (AvgIpc) is 2.13. The Balaban J connectivity index is 2.65. The van der Waals surface area contributed by atoms with E-state index in [-0.39, 0.29) is 0 Å². The van der Waals surface area contributed by atoms with E-state index < -0.39 is 11.9 Å². The minimum atomic E-state index is -0.438. The van der Waals surface area contributed by atoms with Crippen molar-refractivity contribution in [3.63, 3.8) is 0 Å². The molecular formula is C10H13BrFNO2. The first kappa shape index (κ1) is 12.3. The summed E-state index contributed by atoms with van der Waals surface area (Å²) in [6.07, 6.45) is 0.0448. The normalized spacial score (nSPS) is 12.5. The van der Waals surface area contributed by atoms with Crippen LogP contribution in [0.5, 0.6) is 5.75 Å². The Labute approximate surface area is 96.2 Å². The monoisotopic (exact) mass is 277 g/mol. The quantitative estimate of drug-likeness (QED) is 0.831. The van der Waals surface area contributed by atoms with Gasteiger partial charge in [0, 0.05) is 12.5 Å². The minimum absolute atomic E-state index is 0.302. The zero-order valence-corrected chi connectivity index (χ0v) is 9.92. The van der Waals surface area contributed by atoms with Crippen LogP contribution in [0, 0.1) is 5.82 Å². The fourth-order valence-electron chi connectivity index (χ4n) is 1.01. The van der Waals surface area contributed by atoms with E-state index in [2.05, 4.69) is 15.9 Å². The summed E-state index contributed by atoms with van der Waals surface area (Å²) in [6.45, 7) is 1.97. The second-order valence-electron chi connectivity index (χ2n) is 3.29. The Morgan fingerprint density at radius 3 is 2.87 bits per heavy atom. The van der Waals surface area contributed by atoms with Crippen molar-refractivity contribution < 1.29 is 14.2 Å². The summed E-state index contributed by atoms with van der Waals surface area (Å²) in [4.78, 5) is 0. The Morgan fingerprint density at radius 1 is 1.60 bits per heavy atom.